The van der Waals surface area contributed by atoms with Crippen LogP contribution < -0.4 is 0 Å². The van der Waals surface area contributed by atoms with Crippen molar-refractivity contribution < 1.29 is 19.5 Å². The molecule has 1 saturated heterocycles. The first-order chi connectivity index (χ1) is 10.2. The molecule has 0 radical (unpaired) electrons. The standard InChI is InChI=1S/C15H25N3O4/c1-15(2)11(12(15)14(21)22)13(20)18-7-5-17(6-8-18)9-10(19)16(3)4/h11-12H,5-9H2,1-4H3,(H,21,22)/t11-,12-/m0/s1. The molecule has 0 aromatic heterocycles. The molecule has 2 atom stereocenters. The van der Waals surface area contributed by atoms with Crippen molar-refractivity contribution in [1.29, 1.82) is 0 Å². The molecule has 0 aromatic rings. The molecule has 0 bridgehead atoms. The highest BCUT2D eigenvalue weighted by molar-refractivity contribution is 5.91. The van der Waals surface area contributed by atoms with Gasteiger partial charge in [-0.25, -0.2) is 0 Å². The van der Waals surface area contributed by atoms with E-state index in [4.69, 9.17) is 0 Å². The van der Waals surface area contributed by atoms with Crippen LogP contribution in [0.25, 0.3) is 0 Å². The number of likely N-dealkylation sites (N-methyl/N-ethyl adjacent to an activating group) is 1. The highest BCUT2D eigenvalue weighted by Crippen LogP contribution is 2.59. The Morgan fingerprint density at radius 2 is 1.64 bits per heavy atom. The number of carbonyl (C=O) groups is 3. The van der Waals surface area contributed by atoms with Crippen molar-refractivity contribution in [1.82, 2.24) is 14.7 Å². The van der Waals surface area contributed by atoms with E-state index in [0.717, 1.165) is 0 Å². The molecule has 0 aromatic carbocycles. The smallest absolute Gasteiger partial charge is 0.307 e. The summed E-state index contributed by atoms with van der Waals surface area (Å²) in [5, 5.41) is 9.18. The van der Waals surface area contributed by atoms with E-state index in [2.05, 4.69) is 0 Å². The molecule has 0 spiro atoms. The van der Waals surface area contributed by atoms with Crippen LogP contribution in [0.5, 0.6) is 0 Å². The molecule has 1 N–H and O–H groups in total. The van der Waals surface area contributed by atoms with Crippen LogP contribution in [0.4, 0.5) is 0 Å². The Labute approximate surface area is 130 Å². The molecule has 22 heavy (non-hydrogen) atoms. The van der Waals surface area contributed by atoms with Gasteiger partial charge in [-0.3, -0.25) is 19.3 Å². The van der Waals surface area contributed by atoms with Crippen LogP contribution in [0.2, 0.25) is 0 Å². The maximum atomic E-state index is 12.5. The summed E-state index contributed by atoms with van der Waals surface area (Å²) in [6.07, 6.45) is 0. The summed E-state index contributed by atoms with van der Waals surface area (Å²) >= 11 is 0. The fraction of sp³-hybridized carbons (Fsp3) is 0.800. The van der Waals surface area contributed by atoms with E-state index in [0.29, 0.717) is 32.7 Å². The molecule has 7 nitrogen and oxygen atoms in total. The van der Waals surface area contributed by atoms with Gasteiger partial charge in [-0.2, -0.15) is 0 Å². The lowest BCUT2D eigenvalue weighted by Gasteiger charge is -2.35. The fourth-order valence-corrected chi connectivity index (χ4v) is 3.22. The van der Waals surface area contributed by atoms with Gasteiger partial charge in [-0.15, -0.1) is 0 Å². The van der Waals surface area contributed by atoms with Gasteiger partial charge in [0.05, 0.1) is 18.4 Å². The number of piperazine rings is 1. The maximum absolute atomic E-state index is 12.5. The van der Waals surface area contributed by atoms with Crippen molar-refractivity contribution in [2.45, 2.75) is 13.8 Å². The van der Waals surface area contributed by atoms with Gasteiger partial charge in [-0.1, -0.05) is 13.8 Å². The summed E-state index contributed by atoms with van der Waals surface area (Å²) in [5.74, 6) is -1.89. The summed E-state index contributed by atoms with van der Waals surface area (Å²) in [7, 11) is 3.45. The third-order valence-electron chi connectivity index (χ3n) is 4.90. The minimum atomic E-state index is -0.890. The summed E-state index contributed by atoms with van der Waals surface area (Å²) in [6, 6.07) is 0. The van der Waals surface area contributed by atoms with Crippen LogP contribution in [-0.2, 0) is 14.4 Å². The van der Waals surface area contributed by atoms with Crippen LogP contribution in [-0.4, -0.2) is 84.4 Å². The van der Waals surface area contributed by atoms with E-state index in [-0.39, 0.29) is 11.8 Å². The van der Waals surface area contributed by atoms with Gasteiger partial charge in [0.15, 0.2) is 0 Å². The molecule has 2 fully saturated rings. The molecule has 7 heteroatoms. The number of carboxylic acids is 1. The van der Waals surface area contributed by atoms with Gasteiger partial charge in [-0.05, 0) is 5.41 Å². The first-order valence-electron chi connectivity index (χ1n) is 7.60. The lowest BCUT2D eigenvalue weighted by Crippen LogP contribution is -2.51. The molecule has 124 valence electrons. The van der Waals surface area contributed by atoms with Crippen LogP contribution in [0.1, 0.15) is 13.8 Å². The Kier molecular flexibility index (Phi) is 4.47. The van der Waals surface area contributed by atoms with Gasteiger partial charge < -0.3 is 14.9 Å². The quantitative estimate of drug-likeness (QED) is 0.762. The molecule has 1 heterocycles. The molecule has 0 unspecified atom stereocenters. The van der Waals surface area contributed by atoms with E-state index >= 15 is 0 Å². The zero-order valence-corrected chi connectivity index (χ0v) is 13.7. The summed E-state index contributed by atoms with van der Waals surface area (Å²) < 4.78 is 0. The van der Waals surface area contributed by atoms with E-state index in [1.807, 2.05) is 18.7 Å². The monoisotopic (exact) mass is 311 g/mol. The van der Waals surface area contributed by atoms with Crippen LogP contribution in [0.15, 0.2) is 0 Å². The lowest BCUT2D eigenvalue weighted by molar-refractivity contribution is -0.142. The molecule has 1 aliphatic carbocycles. The normalized spacial score (nSPS) is 27.4. The second-order valence-electron chi connectivity index (χ2n) is 7.00. The SMILES string of the molecule is CN(C)C(=O)CN1CCN(C(=O)[C@@H]2[C@@H](C(=O)O)C2(C)C)CC1. The average molecular weight is 311 g/mol. The van der Waals surface area contributed by atoms with Crippen molar-refractivity contribution in [3.8, 4) is 0 Å². The van der Waals surface area contributed by atoms with Gasteiger partial charge in [0.1, 0.15) is 0 Å². The fourth-order valence-electron chi connectivity index (χ4n) is 3.22. The average Bonchev–Trinajstić information content (AvgIpc) is 3.01. The van der Waals surface area contributed by atoms with E-state index < -0.39 is 23.2 Å². The van der Waals surface area contributed by atoms with Crippen molar-refractivity contribution in [2.24, 2.45) is 17.3 Å². The van der Waals surface area contributed by atoms with Crippen LogP contribution >= 0.6 is 0 Å². The minimum Gasteiger partial charge on any atom is -0.481 e. The largest absolute Gasteiger partial charge is 0.481 e. The number of carbonyl (C=O) groups excluding carboxylic acids is 2. The number of aliphatic carboxylic acids is 1. The molecule has 1 aliphatic heterocycles. The highest BCUT2D eigenvalue weighted by Gasteiger charge is 2.66. The number of hydrogen-bond donors (Lipinski definition) is 1. The van der Waals surface area contributed by atoms with Crippen LogP contribution in [0, 0.1) is 17.3 Å². The van der Waals surface area contributed by atoms with Crippen molar-refractivity contribution in [3.05, 3.63) is 0 Å². The predicted molar refractivity (Wildman–Crippen MR) is 80.1 cm³/mol. The Morgan fingerprint density at radius 3 is 2.05 bits per heavy atom. The lowest BCUT2D eigenvalue weighted by atomic mass is 10.1. The van der Waals surface area contributed by atoms with Gasteiger partial charge in [0.25, 0.3) is 0 Å². The third-order valence-corrected chi connectivity index (χ3v) is 4.90. The second kappa shape index (κ2) is 5.87. The molecule has 2 rings (SSSR count). The summed E-state index contributed by atoms with van der Waals surface area (Å²) in [5.41, 5.74) is -0.457. The molecular weight excluding hydrogens is 286 g/mol. The predicted octanol–water partition coefficient (Wildman–Crippen LogP) is -0.424. The van der Waals surface area contributed by atoms with Gasteiger partial charge >= 0.3 is 5.97 Å². The number of rotatable bonds is 4. The first-order valence-corrected chi connectivity index (χ1v) is 7.60. The maximum Gasteiger partial charge on any atom is 0.307 e. The Bertz CT molecular complexity index is 481. The van der Waals surface area contributed by atoms with E-state index in [1.54, 1.807) is 23.9 Å². The van der Waals surface area contributed by atoms with Crippen molar-refractivity contribution in [3.63, 3.8) is 0 Å². The third kappa shape index (κ3) is 3.09. The van der Waals surface area contributed by atoms with E-state index in [1.165, 1.54) is 0 Å². The van der Waals surface area contributed by atoms with Gasteiger partial charge in [0.2, 0.25) is 11.8 Å². The summed E-state index contributed by atoms with van der Waals surface area (Å²) in [4.78, 5) is 40.7. The molecule has 2 aliphatic rings. The zero-order chi connectivity index (χ0) is 16.7. The number of amides is 2. The number of nitrogens with zero attached hydrogens (tertiary/aromatic N) is 3. The molecular formula is C15H25N3O4. The number of hydrogen-bond acceptors (Lipinski definition) is 4. The number of carboxylic acid groups (broad SMARTS) is 1. The zero-order valence-electron chi connectivity index (χ0n) is 13.7. The Balaban J connectivity index is 1.86. The van der Waals surface area contributed by atoms with Crippen molar-refractivity contribution in [2.75, 3.05) is 46.8 Å². The Morgan fingerprint density at radius 1 is 1.09 bits per heavy atom. The second-order valence-corrected chi connectivity index (χ2v) is 7.00. The highest BCUT2D eigenvalue weighted by atomic mass is 16.4. The Hall–Kier alpha value is -1.63. The molecule has 2 amide bonds. The summed E-state index contributed by atoms with van der Waals surface area (Å²) in [6.45, 7) is 6.44. The topological polar surface area (TPSA) is 81.2 Å². The first kappa shape index (κ1) is 16.7. The van der Waals surface area contributed by atoms with Crippen LogP contribution in [0.3, 0.4) is 0 Å². The minimum absolute atomic E-state index is 0.0500. The van der Waals surface area contributed by atoms with E-state index in [9.17, 15) is 19.5 Å². The molecule has 1 saturated carbocycles. The van der Waals surface area contributed by atoms with Gasteiger partial charge in [0, 0.05) is 40.3 Å². The van der Waals surface area contributed by atoms with Crippen molar-refractivity contribution >= 4 is 17.8 Å².